The summed E-state index contributed by atoms with van der Waals surface area (Å²) in [6, 6.07) is 7.60. The van der Waals surface area contributed by atoms with E-state index in [1.807, 2.05) is 25.1 Å². The van der Waals surface area contributed by atoms with E-state index in [2.05, 4.69) is 10.00 Å². The predicted octanol–water partition coefficient (Wildman–Crippen LogP) is 2.80. The van der Waals surface area contributed by atoms with Gasteiger partial charge < -0.3 is 9.47 Å². The average molecular weight is 430 g/mol. The van der Waals surface area contributed by atoms with Crippen LogP contribution in [0.2, 0.25) is 0 Å². The van der Waals surface area contributed by atoms with Crippen molar-refractivity contribution < 1.29 is 14.3 Å². The first kappa shape index (κ1) is 20.8. The zero-order valence-electron chi connectivity index (χ0n) is 17.4. The SMILES string of the molecule is CCOc1ccc2nc(N(CCCN3CCOCC3)C(=O)c3ccnn3C)sc2c1. The minimum atomic E-state index is -0.0823. The Labute approximate surface area is 180 Å². The molecule has 3 aromatic rings. The minimum Gasteiger partial charge on any atom is -0.494 e. The second-order valence-electron chi connectivity index (χ2n) is 7.16. The van der Waals surface area contributed by atoms with Crippen LogP contribution in [-0.2, 0) is 11.8 Å². The molecule has 8 nitrogen and oxygen atoms in total. The molecule has 1 aliphatic heterocycles. The monoisotopic (exact) mass is 429 g/mol. The highest BCUT2D eigenvalue weighted by molar-refractivity contribution is 7.22. The molecule has 0 bridgehead atoms. The normalized spacial score (nSPS) is 14.9. The summed E-state index contributed by atoms with van der Waals surface area (Å²) in [6.07, 6.45) is 2.51. The molecule has 2 aromatic heterocycles. The molecule has 1 aromatic carbocycles. The molecule has 1 amide bonds. The van der Waals surface area contributed by atoms with Crippen molar-refractivity contribution >= 4 is 32.6 Å². The Balaban J connectivity index is 1.56. The summed E-state index contributed by atoms with van der Waals surface area (Å²) in [5.41, 5.74) is 1.42. The van der Waals surface area contributed by atoms with E-state index < -0.39 is 0 Å². The lowest BCUT2D eigenvalue weighted by Gasteiger charge is -2.27. The third-order valence-electron chi connectivity index (χ3n) is 5.14. The van der Waals surface area contributed by atoms with Gasteiger partial charge in [-0.25, -0.2) is 4.98 Å². The highest BCUT2D eigenvalue weighted by Crippen LogP contribution is 2.32. The van der Waals surface area contributed by atoms with Crippen molar-refractivity contribution in [2.75, 3.05) is 50.9 Å². The Kier molecular flexibility index (Phi) is 6.61. The number of aryl methyl sites for hydroxylation is 1. The largest absolute Gasteiger partial charge is 0.494 e. The van der Waals surface area contributed by atoms with Gasteiger partial charge in [-0.2, -0.15) is 5.10 Å². The molecule has 1 aliphatic rings. The number of thiazole rings is 1. The first-order chi connectivity index (χ1) is 14.7. The Hall–Kier alpha value is -2.49. The van der Waals surface area contributed by atoms with E-state index in [4.69, 9.17) is 14.5 Å². The first-order valence-corrected chi connectivity index (χ1v) is 11.1. The van der Waals surface area contributed by atoms with Gasteiger partial charge in [0.15, 0.2) is 5.13 Å². The molecule has 0 atom stereocenters. The number of benzene rings is 1. The van der Waals surface area contributed by atoms with Crippen LogP contribution in [0.4, 0.5) is 5.13 Å². The maximum Gasteiger partial charge on any atom is 0.278 e. The van der Waals surface area contributed by atoms with Crippen molar-refractivity contribution in [2.24, 2.45) is 7.05 Å². The van der Waals surface area contributed by atoms with Gasteiger partial charge in [-0.15, -0.1) is 0 Å². The van der Waals surface area contributed by atoms with Crippen molar-refractivity contribution in [2.45, 2.75) is 13.3 Å². The van der Waals surface area contributed by atoms with Crippen LogP contribution >= 0.6 is 11.3 Å². The number of ether oxygens (including phenoxy) is 2. The lowest BCUT2D eigenvalue weighted by atomic mass is 10.3. The quantitative estimate of drug-likeness (QED) is 0.548. The molecule has 30 heavy (non-hydrogen) atoms. The van der Waals surface area contributed by atoms with Crippen molar-refractivity contribution in [3.63, 3.8) is 0 Å². The molecule has 4 rings (SSSR count). The summed E-state index contributed by atoms with van der Waals surface area (Å²) in [7, 11) is 1.78. The summed E-state index contributed by atoms with van der Waals surface area (Å²) >= 11 is 1.51. The highest BCUT2D eigenvalue weighted by Gasteiger charge is 2.24. The zero-order valence-corrected chi connectivity index (χ0v) is 18.2. The molecule has 0 radical (unpaired) electrons. The number of amides is 1. The maximum atomic E-state index is 13.3. The summed E-state index contributed by atoms with van der Waals surface area (Å²) in [6.45, 7) is 7.54. The van der Waals surface area contributed by atoms with Crippen LogP contribution in [0.5, 0.6) is 5.75 Å². The molecule has 0 aliphatic carbocycles. The van der Waals surface area contributed by atoms with Crippen molar-refractivity contribution in [1.29, 1.82) is 0 Å². The van der Waals surface area contributed by atoms with E-state index >= 15 is 0 Å². The Morgan fingerprint density at radius 3 is 2.87 bits per heavy atom. The van der Waals surface area contributed by atoms with Gasteiger partial charge in [-0.1, -0.05) is 11.3 Å². The number of anilines is 1. The smallest absolute Gasteiger partial charge is 0.278 e. The number of hydrogen-bond donors (Lipinski definition) is 0. The Morgan fingerprint density at radius 2 is 2.13 bits per heavy atom. The van der Waals surface area contributed by atoms with Crippen LogP contribution in [0.25, 0.3) is 10.2 Å². The van der Waals surface area contributed by atoms with Crippen LogP contribution in [0.15, 0.2) is 30.5 Å². The summed E-state index contributed by atoms with van der Waals surface area (Å²) < 4.78 is 13.6. The van der Waals surface area contributed by atoms with Gasteiger partial charge in [-0.05, 0) is 37.6 Å². The molecule has 0 spiro atoms. The highest BCUT2D eigenvalue weighted by atomic mass is 32.1. The number of rotatable bonds is 8. The van der Waals surface area contributed by atoms with Crippen LogP contribution in [-0.4, -0.2) is 71.6 Å². The van der Waals surface area contributed by atoms with Crippen LogP contribution < -0.4 is 9.64 Å². The van der Waals surface area contributed by atoms with Gasteiger partial charge in [0.25, 0.3) is 5.91 Å². The van der Waals surface area contributed by atoms with Gasteiger partial charge in [0.05, 0.1) is 30.0 Å². The Morgan fingerprint density at radius 1 is 1.30 bits per heavy atom. The van der Waals surface area contributed by atoms with E-state index in [0.717, 1.165) is 55.2 Å². The van der Waals surface area contributed by atoms with E-state index in [1.165, 1.54) is 11.3 Å². The molecular formula is C21H27N5O3S. The lowest BCUT2D eigenvalue weighted by molar-refractivity contribution is 0.0376. The van der Waals surface area contributed by atoms with Crippen molar-refractivity contribution in [1.82, 2.24) is 19.7 Å². The summed E-state index contributed by atoms with van der Waals surface area (Å²) in [5.74, 6) is 0.734. The van der Waals surface area contributed by atoms with Gasteiger partial charge in [0.2, 0.25) is 0 Å². The molecule has 0 N–H and O–H groups in total. The number of nitrogens with zero attached hydrogens (tertiary/aromatic N) is 5. The van der Waals surface area contributed by atoms with Crippen molar-refractivity contribution in [3.05, 3.63) is 36.2 Å². The van der Waals surface area contributed by atoms with Crippen LogP contribution in [0.3, 0.4) is 0 Å². The third-order valence-corrected chi connectivity index (χ3v) is 6.18. The van der Waals surface area contributed by atoms with Gasteiger partial charge in [0, 0.05) is 39.4 Å². The average Bonchev–Trinajstić information content (AvgIpc) is 3.37. The fraction of sp³-hybridized carbons (Fsp3) is 0.476. The molecule has 9 heteroatoms. The molecule has 0 saturated carbocycles. The first-order valence-electron chi connectivity index (χ1n) is 10.3. The number of hydrogen-bond acceptors (Lipinski definition) is 7. The van der Waals surface area contributed by atoms with E-state index in [1.54, 1.807) is 28.9 Å². The molecular weight excluding hydrogens is 402 g/mol. The summed E-state index contributed by atoms with van der Waals surface area (Å²) in [5, 5.41) is 4.86. The topological polar surface area (TPSA) is 72.7 Å². The van der Waals surface area contributed by atoms with Gasteiger partial charge in [0.1, 0.15) is 11.4 Å². The fourth-order valence-corrected chi connectivity index (χ4v) is 4.57. The second-order valence-corrected chi connectivity index (χ2v) is 8.17. The summed E-state index contributed by atoms with van der Waals surface area (Å²) in [4.78, 5) is 22.2. The molecule has 1 saturated heterocycles. The number of aromatic nitrogens is 3. The fourth-order valence-electron chi connectivity index (χ4n) is 3.55. The second kappa shape index (κ2) is 9.55. The standard InChI is InChI=1S/C21H27N5O3S/c1-3-29-16-5-6-17-19(15-16)30-21(23-17)26(20(27)18-7-8-22-24(18)2)10-4-9-25-11-13-28-14-12-25/h5-8,15H,3-4,9-14H2,1-2H3. The number of fused-ring (bicyclic) bond motifs is 1. The molecule has 1 fully saturated rings. The van der Waals surface area contributed by atoms with Gasteiger partial charge in [-0.3, -0.25) is 19.3 Å². The zero-order chi connectivity index (χ0) is 20.9. The van der Waals surface area contributed by atoms with Crippen LogP contribution in [0.1, 0.15) is 23.8 Å². The third kappa shape index (κ3) is 4.63. The molecule has 3 heterocycles. The van der Waals surface area contributed by atoms with E-state index in [0.29, 0.717) is 24.0 Å². The number of carbonyl (C=O) groups excluding carboxylic acids is 1. The van der Waals surface area contributed by atoms with Crippen LogP contribution in [0, 0.1) is 0 Å². The van der Waals surface area contributed by atoms with Crippen molar-refractivity contribution in [3.8, 4) is 5.75 Å². The minimum absolute atomic E-state index is 0.0823. The number of morpholine rings is 1. The Bertz CT molecular complexity index is 996. The molecule has 0 unspecified atom stereocenters. The van der Waals surface area contributed by atoms with E-state index in [9.17, 15) is 4.79 Å². The predicted molar refractivity (Wildman–Crippen MR) is 118 cm³/mol. The maximum absolute atomic E-state index is 13.3. The number of carbonyl (C=O) groups is 1. The van der Waals surface area contributed by atoms with Gasteiger partial charge >= 0.3 is 0 Å². The lowest BCUT2D eigenvalue weighted by Crippen LogP contribution is -2.39. The van der Waals surface area contributed by atoms with E-state index in [-0.39, 0.29) is 5.91 Å². The molecule has 160 valence electrons.